The van der Waals surface area contributed by atoms with Gasteiger partial charge in [-0.2, -0.15) is 11.8 Å². The fraction of sp³-hybridized carbons (Fsp3) is 0.500. The van der Waals surface area contributed by atoms with E-state index in [1.165, 1.54) is 11.1 Å². The summed E-state index contributed by atoms with van der Waals surface area (Å²) in [4.78, 5) is 11.3. The van der Waals surface area contributed by atoms with E-state index in [0.717, 1.165) is 18.6 Å². The SMILES string of the molecule is Cc1ccccc1CSCC(N)(C(=O)O)C1CC1. The standard InChI is InChI=1S/C14H19NO2S/c1-10-4-2-3-5-11(10)8-18-9-14(15,13(16)17)12-6-7-12/h2-5,12H,6-9,15H2,1H3,(H,16,17). The Morgan fingerprint density at radius 1 is 1.50 bits per heavy atom. The first-order valence-electron chi connectivity index (χ1n) is 6.18. The second-order valence-electron chi connectivity index (χ2n) is 5.04. The summed E-state index contributed by atoms with van der Waals surface area (Å²) in [5.41, 5.74) is 7.49. The molecule has 0 radical (unpaired) electrons. The highest BCUT2D eigenvalue weighted by Crippen LogP contribution is 2.40. The Morgan fingerprint density at radius 3 is 2.72 bits per heavy atom. The van der Waals surface area contributed by atoms with Gasteiger partial charge in [0.25, 0.3) is 0 Å². The van der Waals surface area contributed by atoms with Gasteiger partial charge in [-0.25, -0.2) is 0 Å². The second kappa shape index (κ2) is 5.33. The van der Waals surface area contributed by atoms with Crippen LogP contribution in [0.1, 0.15) is 24.0 Å². The van der Waals surface area contributed by atoms with Crippen LogP contribution in [0, 0.1) is 12.8 Å². The van der Waals surface area contributed by atoms with Crippen molar-refractivity contribution in [2.24, 2.45) is 11.7 Å². The van der Waals surface area contributed by atoms with E-state index in [4.69, 9.17) is 5.73 Å². The summed E-state index contributed by atoms with van der Waals surface area (Å²) in [6.45, 7) is 2.07. The van der Waals surface area contributed by atoms with Crippen molar-refractivity contribution in [2.45, 2.75) is 31.1 Å². The third-order valence-corrected chi connectivity index (χ3v) is 4.76. The summed E-state index contributed by atoms with van der Waals surface area (Å²) in [5.74, 6) is 0.620. The fourth-order valence-corrected chi connectivity index (χ4v) is 3.40. The molecule has 0 amide bonds. The van der Waals surface area contributed by atoms with E-state index in [0.29, 0.717) is 5.75 Å². The summed E-state index contributed by atoms with van der Waals surface area (Å²) < 4.78 is 0. The molecule has 3 nitrogen and oxygen atoms in total. The van der Waals surface area contributed by atoms with Crippen LogP contribution in [-0.2, 0) is 10.5 Å². The van der Waals surface area contributed by atoms with Crippen LogP contribution in [0.3, 0.4) is 0 Å². The minimum atomic E-state index is -1.03. The topological polar surface area (TPSA) is 63.3 Å². The molecule has 1 aromatic rings. The van der Waals surface area contributed by atoms with Gasteiger partial charge < -0.3 is 10.8 Å². The van der Waals surface area contributed by atoms with Gasteiger partial charge in [0.2, 0.25) is 0 Å². The van der Waals surface area contributed by atoms with Crippen LogP contribution in [0.2, 0.25) is 0 Å². The highest BCUT2D eigenvalue weighted by Gasteiger charge is 2.47. The van der Waals surface area contributed by atoms with Crippen LogP contribution in [0.5, 0.6) is 0 Å². The minimum Gasteiger partial charge on any atom is -0.480 e. The number of thioether (sulfide) groups is 1. The van der Waals surface area contributed by atoms with E-state index in [1.54, 1.807) is 11.8 Å². The number of carbonyl (C=O) groups is 1. The highest BCUT2D eigenvalue weighted by molar-refractivity contribution is 7.98. The predicted octanol–water partition coefficient (Wildman–Crippen LogP) is 2.42. The Morgan fingerprint density at radius 2 is 2.17 bits per heavy atom. The molecule has 1 saturated carbocycles. The van der Waals surface area contributed by atoms with Gasteiger partial charge in [-0.05, 0) is 36.8 Å². The van der Waals surface area contributed by atoms with E-state index >= 15 is 0 Å². The first-order valence-corrected chi connectivity index (χ1v) is 7.34. The molecule has 1 aliphatic rings. The Balaban J connectivity index is 1.91. The lowest BCUT2D eigenvalue weighted by atomic mass is 9.98. The molecule has 1 atom stereocenters. The third kappa shape index (κ3) is 2.87. The number of carboxylic acids is 1. The number of hydrogen-bond acceptors (Lipinski definition) is 3. The second-order valence-corrected chi connectivity index (χ2v) is 6.02. The average Bonchev–Trinajstić information content (AvgIpc) is 3.15. The molecule has 4 heteroatoms. The number of aryl methyl sites for hydroxylation is 1. The predicted molar refractivity (Wildman–Crippen MR) is 74.6 cm³/mol. The van der Waals surface area contributed by atoms with Crippen molar-refractivity contribution in [3.05, 3.63) is 35.4 Å². The van der Waals surface area contributed by atoms with Crippen LogP contribution in [-0.4, -0.2) is 22.4 Å². The van der Waals surface area contributed by atoms with Crippen LogP contribution < -0.4 is 5.73 Å². The average molecular weight is 265 g/mol. The summed E-state index contributed by atoms with van der Waals surface area (Å²) in [6.07, 6.45) is 1.90. The summed E-state index contributed by atoms with van der Waals surface area (Å²) in [7, 11) is 0. The zero-order valence-corrected chi connectivity index (χ0v) is 11.4. The fourth-order valence-electron chi connectivity index (χ4n) is 2.05. The molecule has 18 heavy (non-hydrogen) atoms. The maximum absolute atomic E-state index is 11.3. The Kier molecular flexibility index (Phi) is 3.97. The van der Waals surface area contributed by atoms with Crippen molar-refractivity contribution in [1.82, 2.24) is 0 Å². The van der Waals surface area contributed by atoms with Crippen LogP contribution in [0.4, 0.5) is 0 Å². The van der Waals surface area contributed by atoms with E-state index in [-0.39, 0.29) is 5.92 Å². The van der Waals surface area contributed by atoms with Crippen molar-refractivity contribution in [3.63, 3.8) is 0 Å². The van der Waals surface area contributed by atoms with Crippen molar-refractivity contribution in [2.75, 3.05) is 5.75 Å². The lowest BCUT2D eigenvalue weighted by molar-refractivity contribution is -0.143. The molecule has 3 N–H and O–H groups in total. The molecule has 1 aliphatic carbocycles. The zero-order valence-electron chi connectivity index (χ0n) is 10.6. The Bertz CT molecular complexity index is 445. The molecule has 2 rings (SSSR count). The van der Waals surface area contributed by atoms with Gasteiger partial charge >= 0.3 is 5.97 Å². The first-order chi connectivity index (χ1) is 8.54. The van der Waals surface area contributed by atoms with Gasteiger partial charge in [0, 0.05) is 11.5 Å². The van der Waals surface area contributed by atoms with Crippen LogP contribution in [0.15, 0.2) is 24.3 Å². The van der Waals surface area contributed by atoms with Crippen molar-refractivity contribution in [1.29, 1.82) is 0 Å². The van der Waals surface area contributed by atoms with E-state index < -0.39 is 11.5 Å². The minimum absolute atomic E-state index is 0.166. The first kappa shape index (κ1) is 13.4. The van der Waals surface area contributed by atoms with E-state index in [9.17, 15) is 9.90 Å². The molecule has 1 aromatic carbocycles. The molecular formula is C14H19NO2S. The van der Waals surface area contributed by atoms with Gasteiger partial charge in [0.1, 0.15) is 5.54 Å². The number of benzene rings is 1. The third-order valence-electron chi connectivity index (χ3n) is 3.56. The molecule has 0 spiro atoms. The molecule has 98 valence electrons. The number of hydrogen-bond donors (Lipinski definition) is 2. The lowest BCUT2D eigenvalue weighted by Gasteiger charge is -2.24. The van der Waals surface area contributed by atoms with E-state index in [1.807, 2.05) is 12.1 Å². The maximum Gasteiger partial charge on any atom is 0.324 e. The zero-order chi connectivity index (χ0) is 13.2. The molecule has 0 aliphatic heterocycles. The number of rotatable bonds is 6. The summed E-state index contributed by atoms with van der Waals surface area (Å²) in [5, 5.41) is 9.26. The normalized spacial score (nSPS) is 18.3. The number of aliphatic carboxylic acids is 1. The van der Waals surface area contributed by atoms with Crippen molar-refractivity contribution >= 4 is 17.7 Å². The van der Waals surface area contributed by atoms with Crippen LogP contribution in [0.25, 0.3) is 0 Å². The summed E-state index contributed by atoms with van der Waals surface area (Å²) in [6, 6.07) is 8.18. The highest BCUT2D eigenvalue weighted by atomic mass is 32.2. The number of carboxylic acid groups (broad SMARTS) is 1. The van der Waals surface area contributed by atoms with Gasteiger partial charge in [-0.1, -0.05) is 24.3 Å². The largest absolute Gasteiger partial charge is 0.480 e. The molecule has 0 bridgehead atoms. The smallest absolute Gasteiger partial charge is 0.324 e. The Hall–Kier alpha value is -1.00. The molecule has 1 fully saturated rings. The van der Waals surface area contributed by atoms with Gasteiger partial charge in [-0.3, -0.25) is 4.79 Å². The lowest BCUT2D eigenvalue weighted by Crippen LogP contribution is -2.52. The number of nitrogens with two attached hydrogens (primary N) is 1. The maximum atomic E-state index is 11.3. The summed E-state index contributed by atoms with van der Waals surface area (Å²) >= 11 is 1.62. The Labute approximate surface area is 112 Å². The molecule has 0 saturated heterocycles. The van der Waals surface area contributed by atoms with Gasteiger partial charge in [0.05, 0.1) is 0 Å². The van der Waals surface area contributed by atoms with Gasteiger partial charge in [-0.15, -0.1) is 0 Å². The monoisotopic (exact) mass is 265 g/mol. The molecular weight excluding hydrogens is 246 g/mol. The van der Waals surface area contributed by atoms with Crippen LogP contribution >= 0.6 is 11.8 Å². The molecule has 1 unspecified atom stereocenters. The van der Waals surface area contributed by atoms with E-state index in [2.05, 4.69) is 19.1 Å². The quantitative estimate of drug-likeness (QED) is 0.829. The molecule has 0 heterocycles. The van der Waals surface area contributed by atoms with Crippen molar-refractivity contribution < 1.29 is 9.90 Å². The molecule has 0 aromatic heterocycles. The van der Waals surface area contributed by atoms with Crippen molar-refractivity contribution in [3.8, 4) is 0 Å². The van der Waals surface area contributed by atoms with Gasteiger partial charge in [0.15, 0.2) is 0 Å².